The van der Waals surface area contributed by atoms with Gasteiger partial charge in [-0.2, -0.15) is 5.11 Å². The molecule has 0 aromatic heterocycles. The number of fused-ring (bicyclic) bond motifs is 1. The second kappa shape index (κ2) is 13.9. The standard InChI is InChI=1S/C20H19N3O11S3.2Na/c1-12(24)21-15-3-2-13-10-18(36(28,29)30)19(20(25)17(13)11-15)23-22-14-4-6-16(7-5-14)35(26,27)9-8-34-37(31,32)33;;/h2-7,10-11,25H,8-9H2,1H3,(H,21,24)(H,28,29,30)(H,31,32,33);;/q;2*+1/p-2/b23-22+;;. The van der Waals surface area contributed by atoms with Gasteiger partial charge < -0.3 is 19.5 Å². The zero-order valence-electron chi connectivity index (χ0n) is 20.7. The van der Waals surface area contributed by atoms with Crippen molar-refractivity contribution in [2.45, 2.75) is 16.7 Å². The molecule has 3 aromatic rings. The van der Waals surface area contributed by atoms with Gasteiger partial charge in [-0.25, -0.2) is 25.3 Å². The summed E-state index contributed by atoms with van der Waals surface area (Å²) in [6, 6.07) is 9.65. The summed E-state index contributed by atoms with van der Waals surface area (Å²) in [4.78, 5) is 10.2. The number of benzene rings is 3. The summed E-state index contributed by atoms with van der Waals surface area (Å²) in [5.41, 5.74) is -0.390. The number of carbonyl (C=O) groups is 1. The van der Waals surface area contributed by atoms with Gasteiger partial charge in [0.05, 0.1) is 27.8 Å². The monoisotopic (exact) mass is 617 g/mol. The van der Waals surface area contributed by atoms with Crippen molar-refractivity contribution >= 4 is 64.1 Å². The number of hydrogen-bond donors (Lipinski definition) is 2. The molecule has 2 N–H and O–H groups in total. The number of carbonyl (C=O) groups excluding carboxylic acids is 1. The molecular weight excluding hydrogens is 600 g/mol. The number of phenolic OH excluding ortho intramolecular Hbond substituents is 1. The summed E-state index contributed by atoms with van der Waals surface area (Å²) >= 11 is 0. The minimum absolute atomic E-state index is 0. The maximum Gasteiger partial charge on any atom is 1.00 e. The summed E-state index contributed by atoms with van der Waals surface area (Å²) in [5.74, 6) is -1.90. The zero-order valence-corrected chi connectivity index (χ0v) is 27.1. The van der Waals surface area contributed by atoms with Crippen molar-refractivity contribution in [3.63, 3.8) is 0 Å². The van der Waals surface area contributed by atoms with E-state index < -0.39 is 65.0 Å². The number of nitrogens with one attached hydrogen (secondary N) is 1. The summed E-state index contributed by atoms with van der Waals surface area (Å²) < 4.78 is 95.1. The summed E-state index contributed by atoms with van der Waals surface area (Å²) in [5, 5.41) is 20.9. The molecule has 0 spiro atoms. The van der Waals surface area contributed by atoms with E-state index in [-0.39, 0.29) is 86.2 Å². The van der Waals surface area contributed by atoms with Crippen LogP contribution in [0, 0.1) is 0 Å². The fraction of sp³-hybridized carbons (Fsp3) is 0.150. The fourth-order valence-electron chi connectivity index (χ4n) is 3.10. The Labute approximate surface area is 268 Å². The average Bonchev–Trinajstić information content (AvgIpc) is 2.77. The van der Waals surface area contributed by atoms with Crippen LogP contribution in [0.3, 0.4) is 0 Å². The van der Waals surface area contributed by atoms with Gasteiger partial charge in [0.25, 0.3) is 0 Å². The van der Waals surface area contributed by atoms with Crippen molar-refractivity contribution in [3.8, 4) is 5.75 Å². The van der Waals surface area contributed by atoms with E-state index in [1.807, 2.05) is 0 Å². The third-order valence-electron chi connectivity index (χ3n) is 4.68. The second-order valence-electron chi connectivity index (χ2n) is 7.39. The Morgan fingerprint density at radius 3 is 2.10 bits per heavy atom. The predicted octanol–water partition coefficient (Wildman–Crippen LogP) is -3.92. The molecule has 0 atom stereocenters. The first-order valence-electron chi connectivity index (χ1n) is 9.95. The summed E-state index contributed by atoms with van der Waals surface area (Å²) in [7, 11) is -14.2. The number of anilines is 1. The Balaban J connectivity index is 0.00000380. The molecule has 0 aliphatic rings. The Morgan fingerprint density at radius 1 is 0.949 bits per heavy atom. The van der Waals surface area contributed by atoms with Crippen LogP contribution in [0.25, 0.3) is 10.8 Å². The first-order valence-corrected chi connectivity index (χ1v) is 14.3. The van der Waals surface area contributed by atoms with E-state index in [1.165, 1.54) is 37.3 Å². The van der Waals surface area contributed by atoms with E-state index in [0.717, 1.165) is 18.2 Å². The Morgan fingerprint density at radius 2 is 1.56 bits per heavy atom. The van der Waals surface area contributed by atoms with Gasteiger partial charge in [-0.3, -0.25) is 8.98 Å². The van der Waals surface area contributed by atoms with E-state index in [1.54, 1.807) is 0 Å². The average molecular weight is 618 g/mol. The molecule has 0 saturated carbocycles. The first-order chi connectivity index (χ1) is 17.1. The third kappa shape index (κ3) is 9.83. The van der Waals surface area contributed by atoms with Gasteiger partial charge in [-0.15, -0.1) is 5.11 Å². The number of phenols is 1. The van der Waals surface area contributed by atoms with Gasteiger partial charge in [0.1, 0.15) is 15.8 Å². The summed E-state index contributed by atoms with van der Waals surface area (Å²) in [6.07, 6.45) is 0. The molecule has 0 saturated heterocycles. The van der Waals surface area contributed by atoms with Crippen LogP contribution in [0.5, 0.6) is 5.75 Å². The van der Waals surface area contributed by atoms with Crippen molar-refractivity contribution in [1.82, 2.24) is 0 Å². The minimum Gasteiger partial charge on any atom is -0.744 e. The van der Waals surface area contributed by atoms with Crippen LogP contribution in [0.2, 0.25) is 0 Å². The normalized spacial score (nSPS) is 12.1. The van der Waals surface area contributed by atoms with Crippen LogP contribution in [0.15, 0.2) is 68.6 Å². The molecule has 0 radical (unpaired) electrons. The largest absolute Gasteiger partial charge is 1.00 e. The number of amides is 1. The summed E-state index contributed by atoms with van der Waals surface area (Å²) in [6.45, 7) is 0.380. The number of rotatable bonds is 9. The number of azo groups is 1. The molecule has 1 amide bonds. The van der Waals surface area contributed by atoms with Crippen LogP contribution in [0.1, 0.15) is 6.92 Å². The molecule has 0 fully saturated rings. The quantitative estimate of drug-likeness (QED) is 0.102. The zero-order chi connectivity index (χ0) is 27.6. The molecule has 14 nitrogen and oxygen atoms in total. The number of nitrogens with zero attached hydrogens (tertiary/aromatic N) is 2. The maximum atomic E-state index is 12.2. The van der Waals surface area contributed by atoms with Crippen LogP contribution in [0.4, 0.5) is 17.1 Å². The third-order valence-corrected chi connectivity index (χ3v) is 7.68. The molecule has 3 rings (SSSR count). The molecule has 0 aliphatic carbocycles. The van der Waals surface area contributed by atoms with Crippen molar-refractivity contribution < 1.29 is 108 Å². The van der Waals surface area contributed by atoms with Crippen LogP contribution in [-0.2, 0) is 39.3 Å². The molecule has 0 unspecified atom stereocenters. The van der Waals surface area contributed by atoms with Crippen LogP contribution >= 0.6 is 0 Å². The molecule has 0 aliphatic heterocycles. The van der Waals surface area contributed by atoms with Crippen molar-refractivity contribution in [3.05, 3.63) is 48.5 Å². The molecule has 3 aromatic carbocycles. The Hall–Kier alpha value is -1.48. The van der Waals surface area contributed by atoms with Crippen LogP contribution < -0.4 is 64.4 Å². The van der Waals surface area contributed by atoms with Gasteiger partial charge in [0.2, 0.25) is 16.3 Å². The first kappa shape index (κ1) is 35.5. The fourth-order valence-corrected chi connectivity index (χ4v) is 5.23. The Bertz CT molecular complexity index is 1730. The van der Waals surface area contributed by atoms with Crippen molar-refractivity contribution in [2.75, 3.05) is 17.7 Å². The van der Waals surface area contributed by atoms with Gasteiger partial charge in [0, 0.05) is 18.0 Å². The minimum atomic E-state index is -5.12. The molecule has 0 bridgehead atoms. The van der Waals surface area contributed by atoms with Gasteiger partial charge in [-0.05, 0) is 47.9 Å². The van der Waals surface area contributed by atoms with E-state index >= 15 is 0 Å². The molecule has 19 heteroatoms. The maximum absolute atomic E-state index is 12.2. The van der Waals surface area contributed by atoms with E-state index in [9.17, 15) is 44.3 Å². The van der Waals surface area contributed by atoms with Crippen molar-refractivity contribution in [1.29, 1.82) is 0 Å². The van der Waals surface area contributed by atoms with E-state index in [4.69, 9.17) is 0 Å². The molecular formula is C20H17N3Na2O11S3. The van der Waals surface area contributed by atoms with Crippen LogP contribution in [-0.4, -0.2) is 57.7 Å². The smallest absolute Gasteiger partial charge is 0.744 e. The molecule has 39 heavy (non-hydrogen) atoms. The van der Waals surface area contributed by atoms with Gasteiger partial charge in [-0.1, -0.05) is 6.07 Å². The number of aromatic hydroxyl groups is 1. The molecule has 0 heterocycles. The van der Waals surface area contributed by atoms with Gasteiger partial charge >= 0.3 is 59.1 Å². The van der Waals surface area contributed by atoms with Crippen molar-refractivity contribution in [2.24, 2.45) is 10.2 Å². The van der Waals surface area contributed by atoms with Gasteiger partial charge in [0.15, 0.2) is 15.6 Å². The SMILES string of the molecule is CC(=O)Nc1ccc2cc(S(=O)(=O)[O-])c(/N=N/c3ccc(S(=O)(=O)CCOS(=O)(=O)[O-])cc3)c(O)c2c1.[Na+].[Na+]. The number of hydrogen-bond acceptors (Lipinski definition) is 13. The second-order valence-corrected chi connectivity index (χ2v) is 11.9. The predicted molar refractivity (Wildman–Crippen MR) is 126 cm³/mol. The number of sulfone groups is 1. The topological polar surface area (TPSA) is 232 Å². The molecule has 198 valence electrons. The van der Waals surface area contributed by atoms with E-state index in [0.29, 0.717) is 0 Å². The Kier molecular flexibility index (Phi) is 12.7. The van der Waals surface area contributed by atoms with E-state index in [2.05, 4.69) is 19.7 Å².